The van der Waals surface area contributed by atoms with Crippen molar-refractivity contribution in [1.82, 2.24) is 15.3 Å². The van der Waals surface area contributed by atoms with Gasteiger partial charge in [0.1, 0.15) is 16.2 Å². The first-order chi connectivity index (χ1) is 14.0. The van der Waals surface area contributed by atoms with Gasteiger partial charge in [-0.1, -0.05) is 23.7 Å². The zero-order valence-electron chi connectivity index (χ0n) is 15.4. The number of nitrogens with two attached hydrogens (primary N) is 1. The second kappa shape index (κ2) is 8.02. The Morgan fingerprint density at radius 3 is 2.72 bits per heavy atom. The summed E-state index contributed by atoms with van der Waals surface area (Å²) in [5.74, 6) is -0.907. The van der Waals surface area contributed by atoms with Gasteiger partial charge in [-0.15, -0.1) is 11.3 Å². The van der Waals surface area contributed by atoms with E-state index in [4.69, 9.17) is 17.3 Å². The van der Waals surface area contributed by atoms with Crippen LogP contribution in [-0.2, 0) is 4.79 Å². The Labute approximate surface area is 177 Å². The molecular weight excluding hydrogens is 408 g/mol. The number of hydrogen-bond acceptors (Lipinski definition) is 6. The first-order valence-electron chi connectivity index (χ1n) is 9.11. The lowest BCUT2D eigenvalue weighted by molar-refractivity contribution is -0.122. The molecule has 4 rings (SSSR count). The number of carbonyl (C=O) groups is 2. The van der Waals surface area contributed by atoms with Gasteiger partial charge in [0.05, 0.1) is 11.3 Å². The van der Waals surface area contributed by atoms with Gasteiger partial charge in [0, 0.05) is 23.0 Å². The molecule has 1 aliphatic heterocycles. The summed E-state index contributed by atoms with van der Waals surface area (Å²) < 4.78 is 0. The number of thiazole rings is 1. The van der Waals surface area contributed by atoms with Crippen LogP contribution in [0.4, 0.5) is 0 Å². The number of amides is 1. The summed E-state index contributed by atoms with van der Waals surface area (Å²) >= 11 is 7.54. The number of carbonyl (C=O) groups excluding carboxylic acids is 2. The van der Waals surface area contributed by atoms with Crippen LogP contribution in [0, 0.1) is 6.42 Å². The lowest BCUT2D eigenvalue weighted by Gasteiger charge is -2.24. The van der Waals surface area contributed by atoms with E-state index >= 15 is 0 Å². The maximum Gasteiger partial charge on any atom is 0.238 e. The van der Waals surface area contributed by atoms with Gasteiger partial charge in [-0.2, -0.15) is 0 Å². The number of ketones is 1. The summed E-state index contributed by atoms with van der Waals surface area (Å²) in [5, 5.41) is 4.30. The molecular formula is C21H18ClN4O2S. The molecule has 8 heteroatoms. The number of halogens is 1. The molecule has 1 unspecified atom stereocenters. The third kappa shape index (κ3) is 3.94. The fourth-order valence-electron chi connectivity index (χ4n) is 3.39. The topological polar surface area (TPSA) is 98.0 Å². The molecule has 3 aromatic rings. The highest BCUT2D eigenvalue weighted by molar-refractivity contribution is 7.18. The van der Waals surface area contributed by atoms with E-state index in [1.54, 1.807) is 24.5 Å². The van der Waals surface area contributed by atoms with E-state index in [-0.39, 0.29) is 11.5 Å². The Hall–Kier alpha value is -2.61. The molecule has 1 aliphatic rings. The van der Waals surface area contributed by atoms with E-state index in [1.165, 1.54) is 17.8 Å². The first-order valence-corrected chi connectivity index (χ1v) is 10.3. The number of nitrogens with one attached hydrogen (secondary N) is 1. The standard InChI is InChI=1S/C21H18ClN4O2S/c22-15-6-1-4-13(10-15)18-17(26-19(29-18)14-5-2-8-24-12-14)16(27)11-21(20(23)28)7-3-9-25-21/h1-2,4-6,8,10-12,25H,3,7,9H2,(H2,23,28). The second-order valence-electron chi connectivity index (χ2n) is 6.82. The monoisotopic (exact) mass is 425 g/mol. The van der Waals surface area contributed by atoms with E-state index < -0.39 is 11.4 Å². The minimum Gasteiger partial charge on any atom is -0.368 e. The molecule has 0 spiro atoms. The molecule has 147 valence electrons. The van der Waals surface area contributed by atoms with Gasteiger partial charge in [-0.05, 0) is 49.2 Å². The normalized spacial score (nSPS) is 18.7. The van der Waals surface area contributed by atoms with E-state index in [0.717, 1.165) is 17.5 Å². The van der Waals surface area contributed by atoms with Crippen LogP contribution in [-0.4, -0.2) is 33.7 Å². The van der Waals surface area contributed by atoms with Gasteiger partial charge < -0.3 is 11.1 Å². The van der Waals surface area contributed by atoms with Crippen LogP contribution >= 0.6 is 22.9 Å². The van der Waals surface area contributed by atoms with Crippen molar-refractivity contribution in [3.63, 3.8) is 0 Å². The fourth-order valence-corrected chi connectivity index (χ4v) is 4.64. The first kappa shape index (κ1) is 19.7. The summed E-state index contributed by atoms with van der Waals surface area (Å²) in [7, 11) is 0. The molecule has 1 atom stereocenters. The zero-order chi connectivity index (χ0) is 20.4. The molecule has 0 aliphatic carbocycles. The van der Waals surface area contributed by atoms with E-state index in [9.17, 15) is 9.59 Å². The summed E-state index contributed by atoms with van der Waals surface area (Å²) in [5.41, 5.74) is 6.32. The molecule has 3 heterocycles. The average molecular weight is 426 g/mol. The van der Waals surface area contributed by atoms with Gasteiger partial charge in [-0.3, -0.25) is 14.6 Å². The summed E-state index contributed by atoms with van der Waals surface area (Å²) in [6.07, 6.45) is 6.00. The van der Waals surface area contributed by atoms with Crippen molar-refractivity contribution in [2.45, 2.75) is 18.4 Å². The summed E-state index contributed by atoms with van der Waals surface area (Å²) in [6.45, 7) is 0.631. The lowest BCUT2D eigenvalue weighted by Crippen LogP contribution is -2.53. The van der Waals surface area contributed by atoms with Crippen LogP contribution in [0.25, 0.3) is 21.0 Å². The predicted octanol–water partition coefficient (Wildman–Crippen LogP) is 3.52. The molecule has 0 bridgehead atoms. The predicted molar refractivity (Wildman–Crippen MR) is 114 cm³/mol. The van der Waals surface area contributed by atoms with Gasteiger partial charge >= 0.3 is 0 Å². The maximum absolute atomic E-state index is 13.2. The smallest absolute Gasteiger partial charge is 0.238 e. The highest BCUT2D eigenvalue weighted by Crippen LogP contribution is 2.37. The second-order valence-corrected chi connectivity index (χ2v) is 8.26. The van der Waals surface area contributed by atoms with Crippen LogP contribution in [0.2, 0.25) is 5.02 Å². The molecule has 29 heavy (non-hydrogen) atoms. The SMILES string of the molecule is NC(=O)C1([CH]C(=O)c2nc(-c3cccnc3)sc2-c2cccc(Cl)c2)CCCN1. The van der Waals surface area contributed by atoms with Crippen molar-refractivity contribution < 1.29 is 9.59 Å². The molecule has 0 saturated carbocycles. The van der Waals surface area contributed by atoms with Crippen LogP contribution in [0.15, 0.2) is 48.8 Å². The number of rotatable bonds is 6. The molecule has 6 nitrogen and oxygen atoms in total. The molecule has 1 radical (unpaired) electrons. The number of benzene rings is 1. The van der Waals surface area contributed by atoms with Crippen LogP contribution < -0.4 is 11.1 Å². The van der Waals surface area contributed by atoms with E-state index in [2.05, 4.69) is 15.3 Å². The fraction of sp³-hybridized carbons (Fsp3) is 0.190. The van der Waals surface area contributed by atoms with Gasteiger partial charge in [0.15, 0.2) is 5.78 Å². The largest absolute Gasteiger partial charge is 0.368 e. The van der Waals surface area contributed by atoms with Crippen molar-refractivity contribution in [2.24, 2.45) is 5.73 Å². The molecule has 1 fully saturated rings. The highest BCUT2D eigenvalue weighted by Gasteiger charge is 2.42. The van der Waals surface area contributed by atoms with Crippen molar-refractivity contribution in [1.29, 1.82) is 0 Å². The average Bonchev–Trinajstić information content (AvgIpc) is 3.37. The number of hydrogen-bond donors (Lipinski definition) is 2. The Kier molecular flexibility index (Phi) is 5.45. The number of aromatic nitrogens is 2. The van der Waals surface area contributed by atoms with E-state index in [0.29, 0.717) is 27.9 Å². The lowest BCUT2D eigenvalue weighted by atomic mass is 9.89. The van der Waals surface area contributed by atoms with Crippen molar-refractivity contribution in [3.05, 3.63) is 65.9 Å². The molecule has 2 aromatic heterocycles. The van der Waals surface area contributed by atoms with Gasteiger partial charge in [0.25, 0.3) is 0 Å². The number of pyridine rings is 1. The van der Waals surface area contributed by atoms with Crippen LogP contribution in [0.5, 0.6) is 0 Å². The van der Waals surface area contributed by atoms with Crippen molar-refractivity contribution in [3.8, 4) is 21.0 Å². The number of nitrogens with zero attached hydrogens (tertiary/aromatic N) is 2. The molecule has 1 amide bonds. The van der Waals surface area contributed by atoms with Crippen molar-refractivity contribution >= 4 is 34.6 Å². The van der Waals surface area contributed by atoms with Gasteiger partial charge in [-0.25, -0.2) is 4.98 Å². The minimum atomic E-state index is -1.14. The van der Waals surface area contributed by atoms with Crippen molar-refractivity contribution in [2.75, 3.05) is 6.54 Å². The summed E-state index contributed by atoms with van der Waals surface area (Å²) in [4.78, 5) is 34.7. The summed E-state index contributed by atoms with van der Waals surface area (Å²) in [6, 6.07) is 11.0. The Balaban J connectivity index is 1.77. The molecule has 1 aromatic carbocycles. The highest BCUT2D eigenvalue weighted by atomic mass is 35.5. The van der Waals surface area contributed by atoms with E-state index in [1.807, 2.05) is 24.3 Å². The number of primary amides is 1. The third-order valence-electron chi connectivity index (χ3n) is 4.86. The Morgan fingerprint density at radius 1 is 1.24 bits per heavy atom. The quantitative estimate of drug-likeness (QED) is 0.589. The molecule has 1 saturated heterocycles. The zero-order valence-corrected chi connectivity index (χ0v) is 17.0. The Bertz CT molecular complexity index is 1060. The maximum atomic E-state index is 13.2. The molecule has 3 N–H and O–H groups in total. The van der Waals surface area contributed by atoms with Crippen LogP contribution in [0.1, 0.15) is 23.3 Å². The van der Waals surface area contributed by atoms with Gasteiger partial charge in [0.2, 0.25) is 5.91 Å². The Morgan fingerprint density at radius 2 is 2.07 bits per heavy atom. The van der Waals surface area contributed by atoms with Crippen LogP contribution in [0.3, 0.4) is 0 Å². The minimum absolute atomic E-state index is 0.269. The number of Topliss-reactive ketones (excluding diaryl/α,β-unsaturated/α-hetero) is 1. The third-order valence-corrected chi connectivity index (χ3v) is 6.25.